The van der Waals surface area contributed by atoms with E-state index < -0.39 is 0 Å². The molecule has 2 saturated heterocycles. The molecule has 3 unspecified atom stereocenters. The summed E-state index contributed by atoms with van der Waals surface area (Å²) in [6.07, 6.45) is 6.09. The summed E-state index contributed by atoms with van der Waals surface area (Å²) >= 11 is 0. The molecule has 0 spiro atoms. The van der Waals surface area contributed by atoms with E-state index >= 15 is 0 Å². The fourth-order valence-electron chi connectivity index (χ4n) is 4.16. The average molecular weight is 265 g/mol. The molecule has 1 aliphatic carbocycles. The molecule has 0 aromatic carbocycles. The number of nitrogens with one attached hydrogen (secondary N) is 2. The lowest BCUT2D eigenvalue weighted by Gasteiger charge is -2.32. The molecule has 0 bridgehead atoms. The molecule has 0 aromatic rings. The zero-order valence-corrected chi connectivity index (χ0v) is 12.0. The third-order valence-corrected chi connectivity index (χ3v) is 5.41. The molecule has 1 saturated carbocycles. The van der Waals surface area contributed by atoms with Gasteiger partial charge < -0.3 is 15.5 Å². The highest BCUT2D eigenvalue weighted by atomic mass is 16.2. The summed E-state index contributed by atoms with van der Waals surface area (Å²) < 4.78 is 0. The number of carbonyl (C=O) groups excluding carboxylic acids is 1. The van der Waals surface area contributed by atoms with Crippen molar-refractivity contribution in [2.24, 2.45) is 11.8 Å². The molecule has 3 aliphatic rings. The van der Waals surface area contributed by atoms with E-state index in [0.29, 0.717) is 12.0 Å². The second kappa shape index (κ2) is 5.80. The highest BCUT2D eigenvalue weighted by molar-refractivity contribution is 5.82. The predicted molar refractivity (Wildman–Crippen MR) is 75.9 cm³/mol. The molecule has 2 N–H and O–H groups in total. The van der Waals surface area contributed by atoms with Crippen LogP contribution in [0.5, 0.6) is 0 Å². The number of piperidine rings is 1. The first-order valence-corrected chi connectivity index (χ1v) is 8.04. The summed E-state index contributed by atoms with van der Waals surface area (Å²) in [6.45, 7) is 6.66. The van der Waals surface area contributed by atoms with Crippen molar-refractivity contribution >= 4 is 5.91 Å². The lowest BCUT2D eigenvalue weighted by atomic mass is 9.93. The van der Waals surface area contributed by atoms with Gasteiger partial charge in [-0.25, -0.2) is 0 Å². The van der Waals surface area contributed by atoms with Gasteiger partial charge in [0, 0.05) is 19.1 Å². The summed E-state index contributed by atoms with van der Waals surface area (Å²) in [7, 11) is 0. The van der Waals surface area contributed by atoms with Gasteiger partial charge in [0.05, 0.1) is 6.04 Å². The number of amides is 1. The summed E-state index contributed by atoms with van der Waals surface area (Å²) in [5.74, 6) is 1.64. The van der Waals surface area contributed by atoms with Gasteiger partial charge in [-0.15, -0.1) is 0 Å². The highest BCUT2D eigenvalue weighted by Crippen LogP contribution is 2.37. The number of likely N-dealkylation sites (tertiary alicyclic amines) is 1. The third-order valence-electron chi connectivity index (χ3n) is 5.41. The fourth-order valence-corrected chi connectivity index (χ4v) is 4.16. The second-order valence-electron chi connectivity index (χ2n) is 6.46. The summed E-state index contributed by atoms with van der Waals surface area (Å²) in [5, 5.41) is 6.74. The molecule has 108 valence electrons. The average Bonchev–Trinajstić information content (AvgIpc) is 3.01. The van der Waals surface area contributed by atoms with Gasteiger partial charge in [0.25, 0.3) is 0 Å². The Morgan fingerprint density at radius 2 is 2.05 bits per heavy atom. The second-order valence-corrected chi connectivity index (χ2v) is 6.46. The molecule has 0 radical (unpaired) electrons. The summed E-state index contributed by atoms with van der Waals surface area (Å²) in [6, 6.07) is 0.495. The van der Waals surface area contributed by atoms with E-state index in [4.69, 9.17) is 0 Å². The van der Waals surface area contributed by atoms with Crippen molar-refractivity contribution in [2.45, 2.75) is 51.1 Å². The van der Waals surface area contributed by atoms with E-state index in [0.717, 1.165) is 44.9 Å². The minimum absolute atomic E-state index is 0.0942. The minimum Gasteiger partial charge on any atom is -0.352 e. The van der Waals surface area contributed by atoms with Crippen LogP contribution in [-0.4, -0.2) is 49.1 Å². The molecule has 3 fully saturated rings. The van der Waals surface area contributed by atoms with E-state index in [1.165, 1.54) is 19.3 Å². The van der Waals surface area contributed by atoms with Gasteiger partial charge >= 0.3 is 0 Å². The quantitative estimate of drug-likeness (QED) is 0.799. The van der Waals surface area contributed by atoms with Gasteiger partial charge in [0.1, 0.15) is 0 Å². The minimum atomic E-state index is 0.0942. The molecule has 2 aliphatic heterocycles. The van der Waals surface area contributed by atoms with Crippen LogP contribution in [0, 0.1) is 11.8 Å². The van der Waals surface area contributed by atoms with Gasteiger partial charge in [0.15, 0.2) is 0 Å². The monoisotopic (exact) mass is 265 g/mol. The van der Waals surface area contributed by atoms with E-state index in [2.05, 4.69) is 22.5 Å². The number of hydrogen-bond acceptors (Lipinski definition) is 3. The van der Waals surface area contributed by atoms with E-state index in [-0.39, 0.29) is 11.9 Å². The summed E-state index contributed by atoms with van der Waals surface area (Å²) in [5.41, 5.74) is 0. The van der Waals surface area contributed by atoms with Crippen molar-refractivity contribution in [1.29, 1.82) is 0 Å². The molecular weight excluding hydrogens is 238 g/mol. The Kier molecular flexibility index (Phi) is 4.08. The first-order chi connectivity index (χ1) is 9.28. The lowest BCUT2D eigenvalue weighted by Crippen LogP contribution is -2.50. The topological polar surface area (TPSA) is 44.4 Å². The largest absolute Gasteiger partial charge is 0.352 e. The standard InChI is InChI=1S/C15H27N3O/c1-2-18-8-6-12(7-9-18)17-15(19)14-13-5-3-4-11(13)10-16-14/h11-14,16H,2-10H2,1H3,(H,17,19). The van der Waals surface area contributed by atoms with Crippen LogP contribution in [0.25, 0.3) is 0 Å². The van der Waals surface area contributed by atoms with Gasteiger partial charge in [-0.2, -0.15) is 0 Å². The van der Waals surface area contributed by atoms with Crippen molar-refractivity contribution < 1.29 is 4.79 Å². The number of fused-ring (bicyclic) bond motifs is 1. The molecule has 3 atom stereocenters. The maximum atomic E-state index is 12.4. The zero-order valence-electron chi connectivity index (χ0n) is 12.0. The van der Waals surface area contributed by atoms with Crippen LogP contribution in [-0.2, 0) is 4.79 Å². The molecule has 2 heterocycles. The molecular formula is C15H27N3O. The van der Waals surface area contributed by atoms with Crippen LogP contribution >= 0.6 is 0 Å². The van der Waals surface area contributed by atoms with Crippen LogP contribution in [0.3, 0.4) is 0 Å². The Morgan fingerprint density at radius 1 is 1.26 bits per heavy atom. The predicted octanol–water partition coefficient (Wildman–Crippen LogP) is 0.975. The van der Waals surface area contributed by atoms with Crippen molar-refractivity contribution in [2.75, 3.05) is 26.2 Å². The van der Waals surface area contributed by atoms with Crippen molar-refractivity contribution in [3.05, 3.63) is 0 Å². The van der Waals surface area contributed by atoms with Gasteiger partial charge in [-0.05, 0) is 50.6 Å². The number of nitrogens with zero attached hydrogens (tertiary/aromatic N) is 1. The molecule has 4 nitrogen and oxygen atoms in total. The Hall–Kier alpha value is -0.610. The van der Waals surface area contributed by atoms with Gasteiger partial charge in [-0.1, -0.05) is 13.3 Å². The molecule has 19 heavy (non-hydrogen) atoms. The third kappa shape index (κ3) is 2.79. The fraction of sp³-hybridized carbons (Fsp3) is 0.933. The Labute approximate surface area is 116 Å². The lowest BCUT2D eigenvalue weighted by molar-refractivity contribution is -0.124. The van der Waals surface area contributed by atoms with Gasteiger partial charge in [-0.3, -0.25) is 4.79 Å². The summed E-state index contributed by atoms with van der Waals surface area (Å²) in [4.78, 5) is 14.9. The SMILES string of the molecule is CCN1CCC(NC(=O)C2NCC3CCCC32)CC1. The normalized spacial score (nSPS) is 36.4. The molecule has 1 amide bonds. The van der Waals surface area contributed by atoms with Crippen molar-refractivity contribution in [3.8, 4) is 0 Å². The van der Waals surface area contributed by atoms with Crippen LogP contribution in [0.15, 0.2) is 0 Å². The molecule has 4 heteroatoms. The van der Waals surface area contributed by atoms with Crippen LogP contribution in [0.4, 0.5) is 0 Å². The van der Waals surface area contributed by atoms with E-state index in [1.807, 2.05) is 0 Å². The molecule has 3 rings (SSSR count). The van der Waals surface area contributed by atoms with Crippen molar-refractivity contribution in [1.82, 2.24) is 15.5 Å². The van der Waals surface area contributed by atoms with Crippen LogP contribution in [0.2, 0.25) is 0 Å². The van der Waals surface area contributed by atoms with Crippen molar-refractivity contribution in [3.63, 3.8) is 0 Å². The Morgan fingerprint density at radius 3 is 2.79 bits per heavy atom. The van der Waals surface area contributed by atoms with Crippen LogP contribution < -0.4 is 10.6 Å². The Bertz CT molecular complexity index is 325. The van der Waals surface area contributed by atoms with Gasteiger partial charge in [0.2, 0.25) is 5.91 Å². The smallest absolute Gasteiger partial charge is 0.237 e. The zero-order chi connectivity index (χ0) is 13.2. The number of hydrogen-bond donors (Lipinski definition) is 2. The number of rotatable bonds is 3. The maximum Gasteiger partial charge on any atom is 0.237 e. The van der Waals surface area contributed by atoms with E-state index in [1.54, 1.807) is 0 Å². The highest BCUT2D eigenvalue weighted by Gasteiger charge is 2.42. The van der Waals surface area contributed by atoms with E-state index in [9.17, 15) is 4.79 Å². The first-order valence-electron chi connectivity index (χ1n) is 8.04. The maximum absolute atomic E-state index is 12.4. The Balaban J connectivity index is 1.49. The van der Waals surface area contributed by atoms with Crippen LogP contribution in [0.1, 0.15) is 39.0 Å². The molecule has 0 aromatic heterocycles. The first kappa shape index (κ1) is 13.4. The number of carbonyl (C=O) groups is 1.